The summed E-state index contributed by atoms with van der Waals surface area (Å²) < 4.78 is 6.15. The van der Waals surface area contributed by atoms with Gasteiger partial charge in [-0.25, -0.2) is 0 Å². The normalized spacial score (nSPS) is 10.6. The number of fused-ring (bicyclic) bond motifs is 1. The summed E-state index contributed by atoms with van der Waals surface area (Å²) in [6.07, 6.45) is 1.67. The molecule has 0 aliphatic rings. The fourth-order valence-electron chi connectivity index (χ4n) is 2.14. The molecule has 0 aliphatic heterocycles. The maximum atomic E-state index is 6.08. The Morgan fingerprint density at radius 1 is 1.14 bits per heavy atom. The van der Waals surface area contributed by atoms with Gasteiger partial charge in [0.2, 0.25) is 0 Å². The number of rotatable bonds is 3. The van der Waals surface area contributed by atoms with Gasteiger partial charge >= 0.3 is 0 Å². The maximum absolute atomic E-state index is 6.08. The Morgan fingerprint density at radius 2 is 1.90 bits per heavy atom. The molecule has 2 aromatic carbocycles. The number of hydrogen-bond donors (Lipinski definition) is 2. The largest absolute Gasteiger partial charge is 0.497 e. The molecule has 1 aromatic heterocycles. The van der Waals surface area contributed by atoms with E-state index < -0.39 is 0 Å². The zero-order valence-electron chi connectivity index (χ0n) is 11.4. The van der Waals surface area contributed by atoms with E-state index in [1.807, 2.05) is 42.5 Å². The number of benzene rings is 2. The fourth-order valence-corrected chi connectivity index (χ4v) is 2.50. The topological polar surface area (TPSA) is 60.2 Å². The molecule has 0 saturated carbocycles. The highest BCUT2D eigenvalue weighted by Crippen LogP contribution is 2.32. The van der Waals surface area contributed by atoms with Crippen LogP contribution < -0.4 is 15.8 Å². The summed E-state index contributed by atoms with van der Waals surface area (Å²) in [6, 6.07) is 13.6. The smallest absolute Gasteiger partial charge is 0.119 e. The predicted molar refractivity (Wildman–Crippen MR) is 90.1 cm³/mol. The van der Waals surface area contributed by atoms with Crippen molar-refractivity contribution >= 4 is 43.9 Å². The van der Waals surface area contributed by atoms with Gasteiger partial charge in [-0.15, -0.1) is 0 Å². The Balaban J connectivity index is 2.06. The van der Waals surface area contributed by atoms with Gasteiger partial charge in [-0.3, -0.25) is 4.98 Å². The number of nitrogens with zero attached hydrogens (tertiary/aromatic N) is 1. The Bertz CT molecular complexity index is 782. The summed E-state index contributed by atoms with van der Waals surface area (Å²) in [5, 5.41) is 4.32. The second kappa shape index (κ2) is 5.61. The van der Waals surface area contributed by atoms with Crippen LogP contribution in [0.25, 0.3) is 10.9 Å². The van der Waals surface area contributed by atoms with Gasteiger partial charge in [0, 0.05) is 15.5 Å². The second-order valence-corrected chi connectivity index (χ2v) is 5.52. The second-order valence-electron chi connectivity index (χ2n) is 4.60. The molecule has 0 aliphatic carbocycles. The molecule has 0 atom stereocenters. The SMILES string of the molecule is COc1ccc(Nc2c(N)cnc3ccc(Br)cc23)cc1. The van der Waals surface area contributed by atoms with Crippen LogP contribution in [0.4, 0.5) is 17.1 Å². The van der Waals surface area contributed by atoms with E-state index in [-0.39, 0.29) is 0 Å². The first-order valence-electron chi connectivity index (χ1n) is 6.42. The van der Waals surface area contributed by atoms with E-state index in [1.54, 1.807) is 13.3 Å². The molecule has 0 saturated heterocycles. The van der Waals surface area contributed by atoms with Crippen molar-refractivity contribution in [1.29, 1.82) is 0 Å². The molecule has 4 nitrogen and oxygen atoms in total. The molecule has 0 spiro atoms. The van der Waals surface area contributed by atoms with Crippen LogP contribution in [0.1, 0.15) is 0 Å². The van der Waals surface area contributed by atoms with Gasteiger partial charge in [0.15, 0.2) is 0 Å². The molecule has 106 valence electrons. The number of ether oxygens (including phenoxy) is 1. The average Bonchev–Trinajstić information content (AvgIpc) is 2.51. The van der Waals surface area contributed by atoms with Crippen LogP contribution in [-0.4, -0.2) is 12.1 Å². The lowest BCUT2D eigenvalue weighted by Crippen LogP contribution is -1.99. The van der Waals surface area contributed by atoms with Crippen molar-refractivity contribution in [3.8, 4) is 5.75 Å². The predicted octanol–water partition coefficient (Wildman–Crippen LogP) is 4.33. The Hall–Kier alpha value is -2.27. The first-order valence-corrected chi connectivity index (χ1v) is 7.21. The van der Waals surface area contributed by atoms with Crippen LogP contribution >= 0.6 is 15.9 Å². The molecule has 0 unspecified atom stereocenters. The number of nitrogens with two attached hydrogens (primary N) is 1. The van der Waals surface area contributed by atoms with Crippen molar-refractivity contribution in [2.45, 2.75) is 0 Å². The number of anilines is 3. The summed E-state index contributed by atoms with van der Waals surface area (Å²) in [4.78, 5) is 4.35. The lowest BCUT2D eigenvalue weighted by Gasteiger charge is -2.13. The minimum absolute atomic E-state index is 0.608. The third-order valence-corrected chi connectivity index (χ3v) is 3.71. The quantitative estimate of drug-likeness (QED) is 0.742. The fraction of sp³-hybridized carbons (Fsp3) is 0.0625. The van der Waals surface area contributed by atoms with Gasteiger partial charge in [0.1, 0.15) is 5.75 Å². The molecule has 5 heteroatoms. The number of hydrogen-bond acceptors (Lipinski definition) is 4. The third kappa shape index (κ3) is 2.78. The highest BCUT2D eigenvalue weighted by Gasteiger charge is 2.08. The van der Waals surface area contributed by atoms with Crippen LogP contribution in [0.2, 0.25) is 0 Å². The van der Waals surface area contributed by atoms with Gasteiger partial charge in [-0.05, 0) is 42.5 Å². The van der Waals surface area contributed by atoms with Crippen molar-refractivity contribution in [2.24, 2.45) is 0 Å². The molecule has 3 aromatic rings. The molecule has 0 bridgehead atoms. The van der Waals surface area contributed by atoms with E-state index in [0.717, 1.165) is 32.5 Å². The average molecular weight is 344 g/mol. The first kappa shape index (κ1) is 13.7. The molecule has 0 fully saturated rings. The van der Waals surface area contributed by atoms with Gasteiger partial charge in [-0.1, -0.05) is 15.9 Å². The molecular formula is C16H14BrN3O. The number of methoxy groups -OCH3 is 1. The molecule has 3 N–H and O–H groups in total. The van der Waals surface area contributed by atoms with E-state index in [4.69, 9.17) is 10.5 Å². The van der Waals surface area contributed by atoms with E-state index in [0.29, 0.717) is 5.69 Å². The Kier molecular flexibility index (Phi) is 3.66. The highest BCUT2D eigenvalue weighted by molar-refractivity contribution is 9.10. The summed E-state index contributed by atoms with van der Waals surface area (Å²) in [5.41, 5.74) is 9.37. The third-order valence-electron chi connectivity index (χ3n) is 3.22. The van der Waals surface area contributed by atoms with Gasteiger partial charge in [0.05, 0.1) is 30.2 Å². The van der Waals surface area contributed by atoms with Crippen LogP contribution in [0.5, 0.6) is 5.75 Å². The zero-order chi connectivity index (χ0) is 14.8. The lowest BCUT2D eigenvalue weighted by molar-refractivity contribution is 0.415. The molecule has 0 radical (unpaired) electrons. The molecular weight excluding hydrogens is 330 g/mol. The van der Waals surface area contributed by atoms with Crippen LogP contribution in [0.15, 0.2) is 53.1 Å². The standard InChI is InChI=1S/C16H14BrN3O/c1-21-12-5-3-11(4-6-12)20-16-13-8-10(17)2-7-15(13)19-9-14(16)18/h2-9H,18H2,1H3,(H,19,20). The maximum Gasteiger partial charge on any atom is 0.119 e. The van der Waals surface area contributed by atoms with Crippen molar-refractivity contribution in [2.75, 3.05) is 18.2 Å². The van der Waals surface area contributed by atoms with E-state index in [1.165, 1.54) is 0 Å². The van der Waals surface area contributed by atoms with Crippen molar-refractivity contribution < 1.29 is 4.74 Å². The lowest BCUT2D eigenvalue weighted by atomic mass is 10.1. The van der Waals surface area contributed by atoms with E-state index in [2.05, 4.69) is 26.2 Å². The van der Waals surface area contributed by atoms with Crippen LogP contribution in [-0.2, 0) is 0 Å². The monoisotopic (exact) mass is 343 g/mol. The Morgan fingerprint density at radius 3 is 2.62 bits per heavy atom. The molecule has 1 heterocycles. The number of nitrogen functional groups attached to an aromatic ring is 1. The van der Waals surface area contributed by atoms with Crippen LogP contribution in [0, 0.1) is 0 Å². The summed E-state index contributed by atoms with van der Waals surface area (Å²) in [7, 11) is 1.65. The summed E-state index contributed by atoms with van der Waals surface area (Å²) in [6.45, 7) is 0. The van der Waals surface area contributed by atoms with E-state index in [9.17, 15) is 0 Å². The molecule has 3 rings (SSSR count). The first-order chi connectivity index (χ1) is 10.2. The van der Waals surface area contributed by atoms with Gasteiger partial charge in [-0.2, -0.15) is 0 Å². The number of nitrogens with one attached hydrogen (secondary N) is 1. The Labute approximate surface area is 131 Å². The van der Waals surface area contributed by atoms with Crippen molar-refractivity contribution in [3.63, 3.8) is 0 Å². The van der Waals surface area contributed by atoms with Crippen LogP contribution in [0.3, 0.4) is 0 Å². The molecule has 21 heavy (non-hydrogen) atoms. The summed E-state index contributed by atoms with van der Waals surface area (Å²) >= 11 is 3.48. The van der Waals surface area contributed by atoms with Gasteiger partial charge < -0.3 is 15.8 Å². The van der Waals surface area contributed by atoms with Crippen molar-refractivity contribution in [1.82, 2.24) is 4.98 Å². The van der Waals surface area contributed by atoms with E-state index >= 15 is 0 Å². The number of aromatic nitrogens is 1. The molecule has 0 amide bonds. The number of pyridine rings is 1. The minimum atomic E-state index is 0.608. The van der Waals surface area contributed by atoms with Crippen molar-refractivity contribution in [3.05, 3.63) is 53.1 Å². The highest BCUT2D eigenvalue weighted by atomic mass is 79.9. The number of halogens is 1. The van der Waals surface area contributed by atoms with Gasteiger partial charge in [0.25, 0.3) is 0 Å². The minimum Gasteiger partial charge on any atom is -0.497 e. The summed E-state index contributed by atoms with van der Waals surface area (Å²) in [5.74, 6) is 0.816. The zero-order valence-corrected chi connectivity index (χ0v) is 13.0.